The largest absolute Gasteiger partial charge is 0.493 e. The highest BCUT2D eigenvalue weighted by atomic mass is 16.5. The summed E-state index contributed by atoms with van der Waals surface area (Å²) in [4.78, 5) is 16.9. The topological polar surface area (TPSA) is 73.6 Å². The number of ether oxygens (including phenoxy) is 2. The molecule has 0 aliphatic carbocycles. The summed E-state index contributed by atoms with van der Waals surface area (Å²) in [6.07, 6.45) is 6.88. The number of furan rings is 1. The number of nitrogens with one attached hydrogen (secondary N) is 1. The summed E-state index contributed by atoms with van der Waals surface area (Å²) >= 11 is 0. The number of rotatable bonds is 5. The van der Waals surface area contributed by atoms with Crippen LogP contribution in [0.15, 0.2) is 71.2 Å². The Bertz CT molecular complexity index is 1070. The zero-order chi connectivity index (χ0) is 19.5. The SMILES string of the molecule is COc1ccc(C2=C(c3ccco3)/C(=C/c3ccncc3)NC2=O)cc1OC. The molecule has 4 rings (SSSR count). The summed E-state index contributed by atoms with van der Waals surface area (Å²) < 4.78 is 16.3. The fourth-order valence-electron chi connectivity index (χ4n) is 3.17. The van der Waals surface area contributed by atoms with E-state index in [-0.39, 0.29) is 5.91 Å². The van der Waals surface area contributed by atoms with E-state index in [9.17, 15) is 4.79 Å². The molecule has 1 N–H and O–H groups in total. The second-order valence-electron chi connectivity index (χ2n) is 6.09. The highest BCUT2D eigenvalue weighted by molar-refractivity contribution is 6.34. The summed E-state index contributed by atoms with van der Waals surface area (Å²) in [7, 11) is 3.13. The van der Waals surface area contributed by atoms with Crippen molar-refractivity contribution in [1.82, 2.24) is 10.3 Å². The van der Waals surface area contributed by atoms with Crippen molar-refractivity contribution >= 4 is 23.1 Å². The minimum Gasteiger partial charge on any atom is -0.493 e. The van der Waals surface area contributed by atoms with Crippen LogP contribution in [0, 0.1) is 0 Å². The maximum Gasteiger partial charge on any atom is 0.257 e. The predicted molar refractivity (Wildman–Crippen MR) is 105 cm³/mol. The van der Waals surface area contributed by atoms with Crippen LogP contribution in [0.3, 0.4) is 0 Å². The Kier molecular flexibility index (Phi) is 4.68. The molecule has 6 nitrogen and oxygen atoms in total. The molecule has 1 amide bonds. The second-order valence-corrected chi connectivity index (χ2v) is 6.09. The van der Waals surface area contributed by atoms with E-state index in [0.717, 1.165) is 5.56 Å². The number of amides is 1. The first-order valence-electron chi connectivity index (χ1n) is 8.65. The Morgan fingerprint density at radius 1 is 1.00 bits per heavy atom. The zero-order valence-corrected chi connectivity index (χ0v) is 15.4. The Labute approximate surface area is 162 Å². The van der Waals surface area contributed by atoms with Crippen molar-refractivity contribution in [2.45, 2.75) is 0 Å². The number of methoxy groups -OCH3 is 2. The third-order valence-electron chi connectivity index (χ3n) is 4.45. The summed E-state index contributed by atoms with van der Waals surface area (Å²) in [5.41, 5.74) is 3.49. The number of allylic oxidation sites excluding steroid dienone is 1. The molecule has 0 unspecified atom stereocenters. The lowest BCUT2D eigenvalue weighted by molar-refractivity contribution is -0.114. The molecule has 0 bridgehead atoms. The van der Waals surface area contributed by atoms with Crippen LogP contribution in [-0.2, 0) is 4.79 Å². The van der Waals surface area contributed by atoms with Gasteiger partial charge in [0, 0.05) is 12.4 Å². The van der Waals surface area contributed by atoms with Crippen LogP contribution in [0.1, 0.15) is 16.9 Å². The van der Waals surface area contributed by atoms with Crippen molar-refractivity contribution in [3.05, 3.63) is 83.7 Å². The maximum absolute atomic E-state index is 12.9. The molecular formula is C22H18N2O4. The van der Waals surface area contributed by atoms with E-state index in [0.29, 0.717) is 39.7 Å². The summed E-state index contributed by atoms with van der Waals surface area (Å²) in [5, 5.41) is 2.95. The quantitative estimate of drug-likeness (QED) is 0.736. The molecule has 3 aromatic rings. The number of aromatic nitrogens is 1. The predicted octanol–water partition coefficient (Wildman–Crippen LogP) is 3.77. The van der Waals surface area contributed by atoms with E-state index in [4.69, 9.17) is 13.9 Å². The van der Waals surface area contributed by atoms with Gasteiger partial charge in [0.15, 0.2) is 11.5 Å². The van der Waals surface area contributed by atoms with Crippen LogP contribution in [0.4, 0.5) is 0 Å². The second kappa shape index (κ2) is 7.44. The number of hydrogen-bond donors (Lipinski definition) is 1. The normalized spacial score (nSPS) is 15.1. The summed E-state index contributed by atoms with van der Waals surface area (Å²) in [6.45, 7) is 0. The molecule has 28 heavy (non-hydrogen) atoms. The van der Waals surface area contributed by atoms with Crippen molar-refractivity contribution in [2.75, 3.05) is 14.2 Å². The Balaban J connectivity index is 1.91. The molecule has 0 spiro atoms. The minimum absolute atomic E-state index is 0.209. The monoisotopic (exact) mass is 374 g/mol. The summed E-state index contributed by atoms with van der Waals surface area (Å²) in [6, 6.07) is 12.7. The van der Waals surface area contributed by atoms with Gasteiger partial charge in [0.1, 0.15) is 5.76 Å². The number of pyridine rings is 1. The first-order chi connectivity index (χ1) is 13.7. The van der Waals surface area contributed by atoms with Gasteiger partial charge in [-0.2, -0.15) is 0 Å². The van der Waals surface area contributed by atoms with Crippen LogP contribution < -0.4 is 14.8 Å². The van der Waals surface area contributed by atoms with Gasteiger partial charge in [-0.3, -0.25) is 9.78 Å². The van der Waals surface area contributed by atoms with Gasteiger partial charge in [0.25, 0.3) is 5.91 Å². The van der Waals surface area contributed by atoms with Gasteiger partial charge in [0.2, 0.25) is 0 Å². The highest BCUT2D eigenvalue weighted by Gasteiger charge is 2.31. The van der Waals surface area contributed by atoms with E-state index < -0.39 is 0 Å². The van der Waals surface area contributed by atoms with E-state index >= 15 is 0 Å². The maximum atomic E-state index is 12.9. The van der Waals surface area contributed by atoms with Crippen molar-refractivity contribution in [3.63, 3.8) is 0 Å². The fourth-order valence-corrected chi connectivity index (χ4v) is 3.17. The van der Waals surface area contributed by atoms with Crippen molar-refractivity contribution < 1.29 is 18.7 Å². The molecule has 3 heterocycles. The average Bonchev–Trinajstić information content (AvgIpc) is 3.36. The lowest BCUT2D eigenvalue weighted by atomic mass is 9.98. The van der Waals surface area contributed by atoms with Crippen LogP contribution in [0.5, 0.6) is 11.5 Å². The fraction of sp³-hybridized carbons (Fsp3) is 0.0909. The first kappa shape index (κ1) is 17.6. The van der Waals surface area contributed by atoms with Crippen LogP contribution in [0.25, 0.3) is 17.2 Å². The Morgan fingerprint density at radius 2 is 1.79 bits per heavy atom. The first-order valence-corrected chi connectivity index (χ1v) is 8.65. The number of hydrogen-bond acceptors (Lipinski definition) is 5. The van der Waals surface area contributed by atoms with E-state index in [1.165, 1.54) is 0 Å². The van der Waals surface area contributed by atoms with Crippen molar-refractivity contribution in [2.24, 2.45) is 0 Å². The molecule has 0 atom stereocenters. The van der Waals surface area contributed by atoms with E-state index in [1.54, 1.807) is 51.1 Å². The van der Waals surface area contributed by atoms with Crippen molar-refractivity contribution in [3.8, 4) is 11.5 Å². The number of carbonyl (C=O) groups excluding carboxylic acids is 1. The average molecular weight is 374 g/mol. The third-order valence-corrected chi connectivity index (χ3v) is 4.45. The zero-order valence-electron chi connectivity index (χ0n) is 15.4. The molecule has 0 radical (unpaired) electrons. The van der Waals surface area contributed by atoms with Gasteiger partial charge < -0.3 is 19.2 Å². The smallest absolute Gasteiger partial charge is 0.257 e. The van der Waals surface area contributed by atoms with Gasteiger partial charge in [-0.25, -0.2) is 0 Å². The van der Waals surface area contributed by atoms with Crippen LogP contribution in [0.2, 0.25) is 0 Å². The molecule has 1 aliphatic heterocycles. The Hall–Kier alpha value is -3.80. The summed E-state index contributed by atoms with van der Waals surface area (Å²) in [5.74, 6) is 1.53. The van der Waals surface area contributed by atoms with Gasteiger partial charge in [0.05, 0.1) is 37.3 Å². The van der Waals surface area contributed by atoms with Crippen molar-refractivity contribution in [1.29, 1.82) is 0 Å². The minimum atomic E-state index is -0.209. The van der Waals surface area contributed by atoms with E-state index in [2.05, 4.69) is 10.3 Å². The molecule has 0 saturated carbocycles. The molecule has 1 aromatic carbocycles. The third kappa shape index (κ3) is 3.16. The Morgan fingerprint density at radius 3 is 2.46 bits per heavy atom. The lowest BCUT2D eigenvalue weighted by Gasteiger charge is -2.10. The van der Waals surface area contributed by atoms with Crippen LogP contribution >= 0.6 is 0 Å². The van der Waals surface area contributed by atoms with Gasteiger partial charge >= 0.3 is 0 Å². The van der Waals surface area contributed by atoms with Crippen LogP contribution in [-0.4, -0.2) is 25.1 Å². The van der Waals surface area contributed by atoms with Gasteiger partial charge in [-0.15, -0.1) is 0 Å². The van der Waals surface area contributed by atoms with Gasteiger partial charge in [-0.05, 0) is 53.6 Å². The number of benzene rings is 1. The molecule has 0 fully saturated rings. The number of nitrogens with zero attached hydrogens (tertiary/aromatic N) is 1. The van der Waals surface area contributed by atoms with Gasteiger partial charge in [-0.1, -0.05) is 6.07 Å². The standard InChI is InChI=1S/C22H18N2O4/c1-26-17-6-5-15(13-19(17)27-2)20-21(18-4-3-11-28-18)16(24-22(20)25)12-14-7-9-23-10-8-14/h3-13H,1-2H3,(H,24,25)/b16-12-. The molecule has 140 valence electrons. The lowest BCUT2D eigenvalue weighted by Crippen LogP contribution is -2.15. The number of carbonyl (C=O) groups is 1. The molecule has 0 saturated heterocycles. The highest BCUT2D eigenvalue weighted by Crippen LogP contribution is 2.39. The molecule has 2 aromatic heterocycles. The molecular weight excluding hydrogens is 356 g/mol. The van der Waals surface area contributed by atoms with E-state index in [1.807, 2.05) is 30.3 Å². The molecule has 6 heteroatoms. The molecule has 1 aliphatic rings.